The zero-order valence-electron chi connectivity index (χ0n) is 25.5. The van der Waals surface area contributed by atoms with E-state index in [2.05, 4.69) is 27.7 Å². The monoisotopic (exact) mass is 584 g/mol. The minimum atomic E-state index is -1.13. The molecule has 0 aliphatic rings. The number of aryl methyl sites for hydroxylation is 2. The summed E-state index contributed by atoms with van der Waals surface area (Å²) < 4.78 is 0. The lowest BCUT2D eigenvalue weighted by Gasteiger charge is -2.13. The van der Waals surface area contributed by atoms with Crippen LogP contribution in [-0.2, 0) is 12.8 Å². The van der Waals surface area contributed by atoms with Crippen LogP contribution in [0, 0.1) is 11.8 Å². The standard InChI is InChI=1S/C26H42O4.C8H6O4/c1-19(2)13-9-5-7-11-15-21-17-22(16-12-8-6-10-14-20(3)4)24(26(29)30)18-23(21)25(27)28;9-7(10)5-2-1-3-6(4-5)8(11)12/h17-20H,5-16H2,1-4H3,(H,27,28)(H,29,30);1-4H,(H,9,10)(H,11,12). The maximum absolute atomic E-state index is 11.7. The smallest absolute Gasteiger partial charge is 0.335 e. The van der Waals surface area contributed by atoms with Gasteiger partial charge < -0.3 is 20.4 Å². The number of hydrogen-bond acceptors (Lipinski definition) is 4. The van der Waals surface area contributed by atoms with E-state index < -0.39 is 23.9 Å². The number of carboxylic acid groups (broad SMARTS) is 4. The third-order valence-electron chi connectivity index (χ3n) is 7.10. The molecule has 0 saturated heterocycles. The Labute approximate surface area is 249 Å². The second kappa shape index (κ2) is 19.4. The van der Waals surface area contributed by atoms with Crippen LogP contribution in [0.2, 0.25) is 0 Å². The molecule has 4 N–H and O–H groups in total. The summed E-state index contributed by atoms with van der Waals surface area (Å²) in [4.78, 5) is 44.2. The van der Waals surface area contributed by atoms with Gasteiger partial charge in [-0.3, -0.25) is 0 Å². The first-order chi connectivity index (χ1) is 19.8. The Hall–Kier alpha value is -3.68. The molecular formula is C34H48O8. The van der Waals surface area contributed by atoms with Crippen LogP contribution in [-0.4, -0.2) is 44.3 Å². The molecule has 0 bridgehead atoms. The molecule has 0 aliphatic carbocycles. The van der Waals surface area contributed by atoms with Crippen molar-refractivity contribution in [2.45, 2.75) is 105 Å². The van der Waals surface area contributed by atoms with Crippen molar-refractivity contribution in [3.05, 3.63) is 69.8 Å². The van der Waals surface area contributed by atoms with Crippen LogP contribution >= 0.6 is 0 Å². The third kappa shape index (κ3) is 14.3. The molecule has 0 radical (unpaired) electrons. The van der Waals surface area contributed by atoms with Crippen LogP contribution in [0.4, 0.5) is 0 Å². The quantitative estimate of drug-likeness (QED) is 0.127. The summed E-state index contributed by atoms with van der Waals surface area (Å²) in [6.45, 7) is 8.92. The summed E-state index contributed by atoms with van der Waals surface area (Å²) in [5.41, 5.74) is 1.83. The lowest BCUT2D eigenvalue weighted by Crippen LogP contribution is -2.10. The number of hydrogen-bond donors (Lipinski definition) is 4. The fourth-order valence-electron chi connectivity index (χ4n) is 4.74. The predicted molar refractivity (Wildman–Crippen MR) is 164 cm³/mol. The van der Waals surface area contributed by atoms with Gasteiger partial charge in [0.25, 0.3) is 0 Å². The molecule has 0 aromatic heterocycles. The van der Waals surface area contributed by atoms with Crippen LogP contribution in [0.3, 0.4) is 0 Å². The molecule has 8 nitrogen and oxygen atoms in total. The van der Waals surface area contributed by atoms with Crippen molar-refractivity contribution in [1.82, 2.24) is 0 Å². The SMILES string of the molecule is CC(C)CCCCCCc1cc(CCCCCCC(C)C)c(C(=O)O)cc1C(=O)O.O=C(O)c1cccc(C(=O)O)c1. The molecule has 0 atom stereocenters. The Morgan fingerprint density at radius 1 is 0.524 bits per heavy atom. The van der Waals surface area contributed by atoms with Crippen molar-refractivity contribution in [2.75, 3.05) is 0 Å². The Morgan fingerprint density at radius 3 is 1.24 bits per heavy atom. The van der Waals surface area contributed by atoms with E-state index in [0.717, 1.165) is 67.6 Å². The first-order valence-corrected chi connectivity index (χ1v) is 15.0. The van der Waals surface area contributed by atoms with E-state index in [4.69, 9.17) is 10.2 Å². The molecule has 0 spiro atoms. The Bertz CT molecular complexity index is 1080. The molecule has 0 heterocycles. The Balaban J connectivity index is 0.000000609. The van der Waals surface area contributed by atoms with Gasteiger partial charge >= 0.3 is 23.9 Å². The van der Waals surface area contributed by atoms with Gasteiger partial charge in [0.2, 0.25) is 0 Å². The fourth-order valence-corrected chi connectivity index (χ4v) is 4.74. The average Bonchev–Trinajstić information content (AvgIpc) is 2.92. The second-order valence-corrected chi connectivity index (χ2v) is 11.7. The number of benzene rings is 2. The van der Waals surface area contributed by atoms with E-state index in [0.29, 0.717) is 12.8 Å². The summed E-state index contributed by atoms with van der Waals surface area (Å²) in [5.74, 6) is -2.88. The van der Waals surface area contributed by atoms with Crippen LogP contribution in [0.1, 0.15) is 144 Å². The van der Waals surface area contributed by atoms with Crippen molar-refractivity contribution >= 4 is 23.9 Å². The van der Waals surface area contributed by atoms with E-state index >= 15 is 0 Å². The Morgan fingerprint density at radius 2 is 0.905 bits per heavy atom. The van der Waals surface area contributed by atoms with Gasteiger partial charge in [-0.2, -0.15) is 0 Å². The normalized spacial score (nSPS) is 10.8. The molecule has 0 saturated carbocycles. The molecule has 8 heteroatoms. The van der Waals surface area contributed by atoms with E-state index in [1.54, 1.807) is 0 Å². The number of carbonyl (C=O) groups is 4. The predicted octanol–water partition coefficient (Wildman–Crippen LogP) is 8.46. The number of unbranched alkanes of at least 4 members (excludes halogenated alkanes) is 6. The van der Waals surface area contributed by atoms with Gasteiger partial charge in [-0.05, 0) is 72.9 Å². The molecule has 232 valence electrons. The number of carboxylic acids is 4. The number of aromatic carboxylic acids is 4. The molecule has 0 unspecified atom stereocenters. The van der Waals surface area contributed by atoms with Crippen LogP contribution in [0.25, 0.3) is 0 Å². The van der Waals surface area contributed by atoms with Crippen molar-refractivity contribution in [3.8, 4) is 0 Å². The maximum atomic E-state index is 11.7. The van der Waals surface area contributed by atoms with Gasteiger partial charge in [-0.25, -0.2) is 19.2 Å². The average molecular weight is 585 g/mol. The Kier molecular flexibility index (Phi) is 16.8. The highest BCUT2D eigenvalue weighted by atomic mass is 16.4. The van der Waals surface area contributed by atoms with Crippen molar-refractivity contribution in [1.29, 1.82) is 0 Å². The molecule has 0 amide bonds. The highest BCUT2D eigenvalue weighted by Gasteiger charge is 2.18. The van der Waals surface area contributed by atoms with E-state index in [-0.39, 0.29) is 22.3 Å². The summed E-state index contributed by atoms with van der Waals surface area (Å²) in [5, 5.41) is 36.2. The molecule has 0 aliphatic heterocycles. The van der Waals surface area contributed by atoms with Crippen molar-refractivity contribution in [2.24, 2.45) is 11.8 Å². The topological polar surface area (TPSA) is 149 Å². The molecule has 42 heavy (non-hydrogen) atoms. The largest absolute Gasteiger partial charge is 0.478 e. The van der Waals surface area contributed by atoms with E-state index in [1.165, 1.54) is 49.9 Å². The highest BCUT2D eigenvalue weighted by Crippen LogP contribution is 2.23. The summed E-state index contributed by atoms with van der Waals surface area (Å²) >= 11 is 0. The summed E-state index contributed by atoms with van der Waals surface area (Å²) in [7, 11) is 0. The fraction of sp³-hybridized carbons (Fsp3) is 0.529. The summed E-state index contributed by atoms with van der Waals surface area (Å²) in [6.07, 6.45) is 12.7. The minimum absolute atomic E-state index is 0.0186. The van der Waals surface area contributed by atoms with Crippen LogP contribution < -0.4 is 0 Å². The molecule has 2 aromatic carbocycles. The first-order valence-electron chi connectivity index (χ1n) is 15.0. The minimum Gasteiger partial charge on any atom is -0.478 e. The third-order valence-corrected chi connectivity index (χ3v) is 7.10. The molecular weight excluding hydrogens is 536 g/mol. The van der Waals surface area contributed by atoms with Crippen LogP contribution in [0.15, 0.2) is 36.4 Å². The highest BCUT2D eigenvalue weighted by molar-refractivity contribution is 5.96. The van der Waals surface area contributed by atoms with Crippen LogP contribution in [0.5, 0.6) is 0 Å². The molecule has 2 rings (SSSR count). The zero-order chi connectivity index (χ0) is 31.7. The summed E-state index contributed by atoms with van der Waals surface area (Å²) in [6, 6.07) is 8.43. The first kappa shape index (κ1) is 36.3. The van der Waals surface area contributed by atoms with E-state index in [9.17, 15) is 29.4 Å². The van der Waals surface area contributed by atoms with E-state index in [1.807, 2.05) is 6.07 Å². The molecule has 2 aromatic rings. The second-order valence-electron chi connectivity index (χ2n) is 11.7. The lowest BCUT2D eigenvalue weighted by molar-refractivity contribution is 0.0675. The van der Waals surface area contributed by atoms with Crippen molar-refractivity contribution in [3.63, 3.8) is 0 Å². The van der Waals surface area contributed by atoms with Gasteiger partial charge in [0, 0.05) is 0 Å². The maximum Gasteiger partial charge on any atom is 0.335 e. The molecule has 0 fully saturated rings. The zero-order valence-corrected chi connectivity index (χ0v) is 25.5. The van der Waals surface area contributed by atoms with Gasteiger partial charge in [-0.15, -0.1) is 0 Å². The van der Waals surface area contributed by atoms with Gasteiger partial charge in [0.1, 0.15) is 0 Å². The van der Waals surface area contributed by atoms with Gasteiger partial charge in [0.15, 0.2) is 0 Å². The van der Waals surface area contributed by atoms with Gasteiger partial charge in [0.05, 0.1) is 22.3 Å². The van der Waals surface area contributed by atoms with Gasteiger partial charge in [-0.1, -0.05) is 91.2 Å². The number of rotatable bonds is 18. The van der Waals surface area contributed by atoms with Crippen molar-refractivity contribution < 1.29 is 39.6 Å². The lowest BCUT2D eigenvalue weighted by atomic mass is 9.92.